The van der Waals surface area contributed by atoms with Crippen LogP contribution in [0.1, 0.15) is 55.2 Å². The number of aryl methyl sites for hydroxylation is 2. The van der Waals surface area contributed by atoms with E-state index in [2.05, 4.69) is 21.9 Å². The van der Waals surface area contributed by atoms with Gasteiger partial charge in [0.15, 0.2) is 0 Å². The highest BCUT2D eigenvalue weighted by Gasteiger charge is 2.48. The second-order valence-corrected chi connectivity index (χ2v) is 9.33. The van der Waals surface area contributed by atoms with Crippen LogP contribution in [0.25, 0.3) is 0 Å². The lowest BCUT2D eigenvalue weighted by molar-refractivity contribution is -0.145. The highest BCUT2D eigenvalue weighted by molar-refractivity contribution is 5.84. The Morgan fingerprint density at radius 3 is 2.70 bits per heavy atom. The molecule has 2 aliphatic carbocycles. The zero-order valence-electron chi connectivity index (χ0n) is 16.6. The molecule has 1 atom stereocenters. The van der Waals surface area contributed by atoms with Gasteiger partial charge in [0.25, 0.3) is 0 Å². The van der Waals surface area contributed by atoms with Crippen LogP contribution in [0, 0.1) is 11.3 Å². The van der Waals surface area contributed by atoms with Gasteiger partial charge in [-0.05, 0) is 81.0 Å². The molecule has 2 saturated heterocycles. The molecule has 1 unspecified atom stereocenters. The number of piperidine rings is 1. The van der Waals surface area contributed by atoms with Gasteiger partial charge in [-0.25, -0.2) is 0 Å². The van der Waals surface area contributed by atoms with E-state index in [-0.39, 0.29) is 5.41 Å². The zero-order chi connectivity index (χ0) is 18.4. The molecule has 1 spiro atoms. The first-order valence-corrected chi connectivity index (χ1v) is 10.9. The second-order valence-electron chi connectivity index (χ2n) is 9.33. The van der Waals surface area contributed by atoms with Crippen molar-refractivity contribution in [2.45, 2.75) is 57.9 Å². The number of hydrogen-bond acceptors (Lipinski definition) is 3. The van der Waals surface area contributed by atoms with Gasteiger partial charge in [-0.2, -0.15) is 0 Å². The number of rotatable bonds is 5. The summed E-state index contributed by atoms with van der Waals surface area (Å²) in [5, 5.41) is 0. The fraction of sp³-hybridized carbons (Fsp3) is 0.696. The maximum atomic E-state index is 13.3. The minimum atomic E-state index is -0.114. The summed E-state index contributed by atoms with van der Waals surface area (Å²) in [5.41, 5.74) is 4.15. The summed E-state index contributed by atoms with van der Waals surface area (Å²) in [6.07, 6.45) is 9.57. The fourth-order valence-electron chi connectivity index (χ4n) is 5.62. The van der Waals surface area contributed by atoms with Crippen LogP contribution in [0.5, 0.6) is 5.75 Å². The van der Waals surface area contributed by atoms with Gasteiger partial charge < -0.3 is 9.64 Å². The van der Waals surface area contributed by atoms with Crippen molar-refractivity contribution in [3.8, 4) is 5.75 Å². The first kappa shape index (κ1) is 17.5. The molecule has 2 heterocycles. The Labute approximate surface area is 162 Å². The SMILES string of the molecule is COc1cc2c(cc1CN1CCC3(CCCN(CC4CC4)C3=O)C1)CCC2. The number of amides is 1. The lowest BCUT2D eigenvalue weighted by Crippen LogP contribution is -2.50. The van der Waals surface area contributed by atoms with E-state index in [9.17, 15) is 4.79 Å². The standard InChI is InChI=1S/C23H32N2O2/c1-27-21-13-19-5-2-4-18(19)12-20(21)15-24-11-9-23(16-24)8-3-10-25(22(23)26)14-17-6-7-17/h12-13,17H,2-11,14-16H2,1H3. The Hall–Kier alpha value is -1.55. The predicted octanol–water partition coefficient (Wildman–Crippen LogP) is 3.41. The van der Waals surface area contributed by atoms with Crippen LogP contribution >= 0.6 is 0 Å². The molecule has 1 aromatic carbocycles. The molecule has 27 heavy (non-hydrogen) atoms. The van der Waals surface area contributed by atoms with Gasteiger partial charge in [0, 0.05) is 31.7 Å². The van der Waals surface area contributed by atoms with Gasteiger partial charge in [0.2, 0.25) is 5.91 Å². The summed E-state index contributed by atoms with van der Waals surface area (Å²) in [6, 6.07) is 4.63. The van der Waals surface area contributed by atoms with Gasteiger partial charge in [0.05, 0.1) is 12.5 Å². The summed E-state index contributed by atoms with van der Waals surface area (Å²) >= 11 is 0. The van der Waals surface area contributed by atoms with Gasteiger partial charge in [-0.3, -0.25) is 9.69 Å². The number of nitrogens with zero attached hydrogens (tertiary/aromatic N) is 2. The summed E-state index contributed by atoms with van der Waals surface area (Å²) in [6.45, 7) is 4.86. The molecule has 4 nitrogen and oxygen atoms in total. The van der Waals surface area contributed by atoms with E-state index in [4.69, 9.17) is 4.74 Å². The minimum Gasteiger partial charge on any atom is -0.496 e. The van der Waals surface area contributed by atoms with Crippen molar-refractivity contribution in [2.75, 3.05) is 33.3 Å². The quantitative estimate of drug-likeness (QED) is 0.798. The molecule has 4 aliphatic rings. The lowest BCUT2D eigenvalue weighted by Gasteiger charge is -2.39. The van der Waals surface area contributed by atoms with Crippen LogP contribution in [-0.4, -0.2) is 49.0 Å². The first-order chi connectivity index (χ1) is 13.2. The topological polar surface area (TPSA) is 32.8 Å². The fourth-order valence-corrected chi connectivity index (χ4v) is 5.62. The molecule has 4 heteroatoms. The molecule has 3 fully saturated rings. The molecular weight excluding hydrogens is 336 g/mol. The summed E-state index contributed by atoms with van der Waals surface area (Å²) in [5.74, 6) is 2.27. The Bertz CT molecular complexity index is 742. The van der Waals surface area contributed by atoms with Crippen LogP contribution in [0.4, 0.5) is 0 Å². The Balaban J connectivity index is 1.30. The maximum absolute atomic E-state index is 13.3. The van der Waals surface area contributed by atoms with E-state index in [1.165, 1.54) is 55.2 Å². The van der Waals surface area contributed by atoms with Crippen molar-refractivity contribution in [3.05, 3.63) is 28.8 Å². The molecular formula is C23H32N2O2. The average molecular weight is 369 g/mol. The summed E-state index contributed by atoms with van der Waals surface area (Å²) in [4.78, 5) is 18.0. The Kier molecular flexibility index (Phi) is 4.42. The molecule has 0 bridgehead atoms. The van der Waals surface area contributed by atoms with Crippen LogP contribution in [0.15, 0.2) is 12.1 Å². The van der Waals surface area contributed by atoms with E-state index in [1.54, 1.807) is 7.11 Å². The first-order valence-electron chi connectivity index (χ1n) is 10.9. The van der Waals surface area contributed by atoms with Gasteiger partial charge in [-0.15, -0.1) is 0 Å². The Morgan fingerprint density at radius 2 is 1.93 bits per heavy atom. The number of benzene rings is 1. The van der Waals surface area contributed by atoms with Crippen molar-refractivity contribution in [2.24, 2.45) is 11.3 Å². The maximum Gasteiger partial charge on any atom is 0.230 e. The summed E-state index contributed by atoms with van der Waals surface area (Å²) in [7, 11) is 1.78. The van der Waals surface area contributed by atoms with Crippen molar-refractivity contribution >= 4 is 5.91 Å². The van der Waals surface area contributed by atoms with Crippen molar-refractivity contribution in [1.29, 1.82) is 0 Å². The lowest BCUT2D eigenvalue weighted by atomic mass is 9.78. The zero-order valence-corrected chi connectivity index (χ0v) is 16.6. The van der Waals surface area contributed by atoms with Crippen LogP contribution in [0.2, 0.25) is 0 Å². The van der Waals surface area contributed by atoms with E-state index < -0.39 is 0 Å². The average Bonchev–Trinajstić information content (AvgIpc) is 3.22. The van der Waals surface area contributed by atoms with Crippen LogP contribution in [0.3, 0.4) is 0 Å². The molecule has 146 valence electrons. The van der Waals surface area contributed by atoms with Crippen molar-refractivity contribution in [3.63, 3.8) is 0 Å². The predicted molar refractivity (Wildman–Crippen MR) is 106 cm³/mol. The van der Waals surface area contributed by atoms with Crippen LogP contribution in [-0.2, 0) is 24.2 Å². The molecule has 2 aliphatic heterocycles. The number of hydrogen-bond donors (Lipinski definition) is 0. The normalized spacial score (nSPS) is 28.2. The van der Waals surface area contributed by atoms with Gasteiger partial charge in [0.1, 0.15) is 5.75 Å². The molecule has 0 aromatic heterocycles. The van der Waals surface area contributed by atoms with Gasteiger partial charge in [-0.1, -0.05) is 6.07 Å². The molecule has 0 radical (unpaired) electrons. The van der Waals surface area contributed by atoms with E-state index in [1.807, 2.05) is 0 Å². The monoisotopic (exact) mass is 368 g/mol. The highest BCUT2D eigenvalue weighted by atomic mass is 16.5. The molecule has 5 rings (SSSR count). The number of carbonyl (C=O) groups excluding carboxylic acids is 1. The highest BCUT2D eigenvalue weighted by Crippen LogP contribution is 2.42. The minimum absolute atomic E-state index is 0.114. The van der Waals surface area contributed by atoms with Crippen LogP contribution < -0.4 is 4.74 Å². The molecule has 1 saturated carbocycles. The third-order valence-electron chi connectivity index (χ3n) is 7.32. The smallest absolute Gasteiger partial charge is 0.230 e. The molecule has 1 amide bonds. The largest absolute Gasteiger partial charge is 0.496 e. The number of ether oxygens (including phenoxy) is 1. The number of carbonyl (C=O) groups is 1. The van der Waals surface area contributed by atoms with E-state index in [0.29, 0.717) is 5.91 Å². The van der Waals surface area contributed by atoms with Crippen molar-refractivity contribution < 1.29 is 9.53 Å². The van der Waals surface area contributed by atoms with E-state index in [0.717, 1.165) is 57.2 Å². The second kappa shape index (κ2) is 6.80. The molecule has 1 aromatic rings. The number of fused-ring (bicyclic) bond motifs is 1. The van der Waals surface area contributed by atoms with Gasteiger partial charge >= 0.3 is 0 Å². The van der Waals surface area contributed by atoms with Crippen molar-refractivity contribution in [1.82, 2.24) is 9.80 Å². The number of likely N-dealkylation sites (tertiary alicyclic amines) is 2. The van der Waals surface area contributed by atoms with E-state index >= 15 is 0 Å². The number of methoxy groups -OCH3 is 1. The third kappa shape index (κ3) is 3.26. The summed E-state index contributed by atoms with van der Waals surface area (Å²) < 4.78 is 5.70. The Morgan fingerprint density at radius 1 is 1.11 bits per heavy atom. The third-order valence-corrected chi connectivity index (χ3v) is 7.32. The molecule has 0 N–H and O–H groups in total.